The zero-order chi connectivity index (χ0) is 21.7. The summed E-state index contributed by atoms with van der Waals surface area (Å²) >= 11 is 1.21. The second kappa shape index (κ2) is 9.45. The number of benzene rings is 1. The van der Waals surface area contributed by atoms with Gasteiger partial charge in [0.05, 0.1) is 16.9 Å². The van der Waals surface area contributed by atoms with Gasteiger partial charge in [0.2, 0.25) is 10.0 Å². The van der Waals surface area contributed by atoms with Gasteiger partial charge >= 0.3 is 5.97 Å². The van der Waals surface area contributed by atoms with E-state index in [4.69, 9.17) is 9.15 Å². The van der Waals surface area contributed by atoms with Crippen molar-refractivity contribution >= 4 is 27.8 Å². The van der Waals surface area contributed by atoms with E-state index in [2.05, 4.69) is 10.2 Å². The lowest BCUT2D eigenvalue weighted by molar-refractivity contribution is -0.141. The van der Waals surface area contributed by atoms with E-state index in [0.717, 1.165) is 4.31 Å². The molecule has 0 fully saturated rings. The molecule has 0 bridgehead atoms. The van der Waals surface area contributed by atoms with E-state index in [0.29, 0.717) is 28.8 Å². The van der Waals surface area contributed by atoms with E-state index in [9.17, 15) is 13.2 Å². The summed E-state index contributed by atoms with van der Waals surface area (Å²) in [5.41, 5.74) is 0.591. The monoisotopic (exact) mass is 450 g/mol. The van der Waals surface area contributed by atoms with Gasteiger partial charge in [-0.1, -0.05) is 23.9 Å². The van der Waals surface area contributed by atoms with E-state index < -0.39 is 16.0 Å². The van der Waals surface area contributed by atoms with Crippen LogP contribution in [-0.4, -0.2) is 53.3 Å². The molecule has 3 rings (SSSR count). The highest BCUT2D eigenvalue weighted by atomic mass is 32.2. The van der Waals surface area contributed by atoms with E-state index in [1.165, 1.54) is 38.0 Å². The van der Waals surface area contributed by atoms with Gasteiger partial charge < -0.3 is 9.15 Å². The van der Waals surface area contributed by atoms with Crippen LogP contribution in [0.1, 0.15) is 12.5 Å². The Morgan fingerprint density at radius 1 is 1.23 bits per heavy atom. The third-order valence-corrected chi connectivity index (χ3v) is 6.92. The molecule has 0 unspecified atom stereocenters. The number of esters is 1. The maximum absolute atomic E-state index is 12.2. The summed E-state index contributed by atoms with van der Waals surface area (Å²) in [6.45, 7) is 2.55. The number of thioether (sulfide) groups is 1. The lowest BCUT2D eigenvalue weighted by atomic mass is 10.2. The first kappa shape index (κ1) is 22.1. The van der Waals surface area contributed by atoms with Crippen LogP contribution in [-0.2, 0) is 32.7 Å². The van der Waals surface area contributed by atoms with Crippen LogP contribution in [0.4, 0.5) is 0 Å². The minimum Gasteiger partial charge on any atom is -0.461 e. The van der Waals surface area contributed by atoms with E-state index in [1.54, 1.807) is 30.5 Å². The van der Waals surface area contributed by atoms with Crippen molar-refractivity contribution in [3.05, 3.63) is 48.2 Å². The normalized spacial score (nSPS) is 11.7. The highest BCUT2D eigenvalue weighted by Gasteiger charge is 2.18. The lowest BCUT2D eigenvalue weighted by Crippen LogP contribution is -2.22. The first-order valence-corrected chi connectivity index (χ1v) is 11.5. The molecule has 0 spiro atoms. The molecule has 0 atom stereocenters. The molecule has 2 aromatic heterocycles. The number of sulfonamides is 1. The fourth-order valence-electron chi connectivity index (χ4n) is 2.60. The summed E-state index contributed by atoms with van der Waals surface area (Å²) in [7, 11) is -0.617. The Morgan fingerprint density at radius 3 is 2.70 bits per heavy atom. The van der Waals surface area contributed by atoms with Crippen molar-refractivity contribution < 1.29 is 22.4 Å². The molecule has 0 aliphatic heterocycles. The molecule has 0 aliphatic rings. The van der Waals surface area contributed by atoms with Crippen LogP contribution in [0.2, 0.25) is 0 Å². The number of furan rings is 1. The fraction of sp³-hybridized carbons (Fsp3) is 0.316. The number of aromatic nitrogens is 3. The molecule has 0 aliphatic carbocycles. The van der Waals surface area contributed by atoms with Crippen molar-refractivity contribution in [3.8, 4) is 11.6 Å². The summed E-state index contributed by atoms with van der Waals surface area (Å²) in [6.07, 6.45) is 1.56. The molecule has 0 radical (unpaired) electrons. The first-order valence-electron chi connectivity index (χ1n) is 9.10. The Balaban J connectivity index is 1.59. The van der Waals surface area contributed by atoms with Crippen LogP contribution in [0.3, 0.4) is 0 Å². The van der Waals surface area contributed by atoms with Gasteiger partial charge in [0.15, 0.2) is 16.7 Å². The summed E-state index contributed by atoms with van der Waals surface area (Å²) in [4.78, 5) is 12.3. The summed E-state index contributed by atoms with van der Waals surface area (Å²) in [5.74, 6) is 0.807. The molecule has 2 heterocycles. The molecular formula is C19H22N4O5S2. The number of carbonyl (C=O) groups is 1. The number of nitrogens with zero attached hydrogens (tertiary/aromatic N) is 4. The topological polar surface area (TPSA) is 108 Å². The van der Waals surface area contributed by atoms with E-state index in [1.807, 2.05) is 11.5 Å². The molecule has 0 amide bonds. The highest BCUT2D eigenvalue weighted by Crippen LogP contribution is 2.24. The van der Waals surface area contributed by atoms with Gasteiger partial charge in [-0.25, -0.2) is 12.7 Å². The molecular weight excluding hydrogens is 428 g/mol. The third-order valence-electron chi connectivity index (χ3n) is 4.17. The van der Waals surface area contributed by atoms with Crippen LogP contribution < -0.4 is 0 Å². The Morgan fingerprint density at radius 2 is 2.03 bits per heavy atom. The largest absolute Gasteiger partial charge is 0.461 e. The second-order valence-corrected chi connectivity index (χ2v) is 9.51. The van der Waals surface area contributed by atoms with Crippen LogP contribution in [0.15, 0.2) is 57.1 Å². The SMILES string of the molecule is CCn1c(SCC(=O)OCc2cccc(S(=O)(=O)N(C)C)c2)nnc1-c1ccco1. The number of rotatable bonds is 9. The minimum absolute atomic E-state index is 0.0195. The molecule has 11 heteroatoms. The smallest absolute Gasteiger partial charge is 0.316 e. The second-order valence-electron chi connectivity index (χ2n) is 6.41. The van der Waals surface area contributed by atoms with Gasteiger partial charge in [-0.05, 0) is 36.8 Å². The molecule has 160 valence electrons. The standard InChI is InChI=1S/C19H22N4O5S2/c1-4-23-18(16-9-6-10-27-16)20-21-19(23)29-13-17(24)28-12-14-7-5-8-15(11-14)30(25,26)22(2)3/h5-11H,4,12-13H2,1-3H3. The Labute approximate surface area is 179 Å². The predicted octanol–water partition coefficient (Wildman–Crippen LogP) is 2.64. The molecule has 3 aromatic rings. The summed E-state index contributed by atoms with van der Waals surface area (Å²) in [6, 6.07) is 9.90. The van der Waals surface area contributed by atoms with Crippen molar-refractivity contribution in [2.24, 2.45) is 0 Å². The fourth-order valence-corrected chi connectivity index (χ4v) is 4.38. The predicted molar refractivity (Wildman–Crippen MR) is 111 cm³/mol. The molecule has 0 saturated heterocycles. The van der Waals surface area contributed by atoms with Crippen LogP contribution in [0.5, 0.6) is 0 Å². The van der Waals surface area contributed by atoms with Crippen molar-refractivity contribution in [2.45, 2.75) is 30.1 Å². The molecule has 9 nitrogen and oxygen atoms in total. The van der Waals surface area contributed by atoms with Crippen molar-refractivity contribution in [1.29, 1.82) is 0 Å². The van der Waals surface area contributed by atoms with E-state index >= 15 is 0 Å². The van der Waals surface area contributed by atoms with Gasteiger partial charge in [0.1, 0.15) is 6.61 Å². The zero-order valence-corrected chi connectivity index (χ0v) is 18.4. The van der Waals surface area contributed by atoms with Crippen molar-refractivity contribution in [1.82, 2.24) is 19.1 Å². The van der Waals surface area contributed by atoms with Gasteiger partial charge in [0, 0.05) is 20.6 Å². The number of carbonyl (C=O) groups excluding carboxylic acids is 1. The average molecular weight is 451 g/mol. The van der Waals surface area contributed by atoms with Crippen LogP contribution in [0.25, 0.3) is 11.6 Å². The molecule has 0 N–H and O–H groups in total. The Bertz CT molecular complexity index is 1110. The highest BCUT2D eigenvalue weighted by molar-refractivity contribution is 7.99. The van der Waals surface area contributed by atoms with Crippen molar-refractivity contribution in [3.63, 3.8) is 0 Å². The Kier molecular flexibility index (Phi) is 6.95. The molecule has 30 heavy (non-hydrogen) atoms. The molecule has 0 saturated carbocycles. The summed E-state index contributed by atoms with van der Waals surface area (Å²) < 4.78 is 38.1. The molecule has 1 aromatic carbocycles. The third kappa shape index (κ3) is 4.91. The zero-order valence-electron chi connectivity index (χ0n) is 16.8. The van der Waals surface area contributed by atoms with E-state index in [-0.39, 0.29) is 17.3 Å². The number of hydrogen-bond acceptors (Lipinski definition) is 8. The Hall–Kier alpha value is -2.63. The average Bonchev–Trinajstić information content (AvgIpc) is 3.39. The summed E-state index contributed by atoms with van der Waals surface area (Å²) in [5, 5.41) is 8.84. The van der Waals surface area contributed by atoms with Crippen LogP contribution >= 0.6 is 11.8 Å². The first-order chi connectivity index (χ1) is 14.3. The van der Waals surface area contributed by atoms with Crippen LogP contribution in [0, 0.1) is 0 Å². The lowest BCUT2D eigenvalue weighted by Gasteiger charge is -2.12. The van der Waals surface area contributed by atoms with Crippen molar-refractivity contribution in [2.75, 3.05) is 19.8 Å². The quantitative estimate of drug-likeness (QED) is 0.362. The number of hydrogen-bond donors (Lipinski definition) is 0. The minimum atomic E-state index is -3.55. The van der Waals surface area contributed by atoms with Gasteiger partial charge in [-0.15, -0.1) is 10.2 Å². The number of ether oxygens (including phenoxy) is 1. The maximum Gasteiger partial charge on any atom is 0.316 e. The van der Waals surface area contributed by atoms with Gasteiger partial charge in [-0.3, -0.25) is 9.36 Å². The maximum atomic E-state index is 12.2. The van der Waals surface area contributed by atoms with Gasteiger partial charge in [0.25, 0.3) is 0 Å². The van der Waals surface area contributed by atoms with Gasteiger partial charge in [-0.2, -0.15) is 0 Å².